The van der Waals surface area contributed by atoms with Crippen molar-refractivity contribution >= 4 is 29.1 Å². The van der Waals surface area contributed by atoms with E-state index in [4.69, 9.17) is 16.1 Å². The van der Waals surface area contributed by atoms with Gasteiger partial charge >= 0.3 is 0 Å². The van der Waals surface area contributed by atoms with Gasteiger partial charge in [0.05, 0.1) is 24.0 Å². The third-order valence-corrected chi connectivity index (χ3v) is 6.51. The number of aromatic nitrogens is 3. The summed E-state index contributed by atoms with van der Waals surface area (Å²) >= 11 is 6.00. The highest BCUT2D eigenvalue weighted by molar-refractivity contribution is 6.28. The van der Waals surface area contributed by atoms with Gasteiger partial charge in [-0.2, -0.15) is 0 Å². The molecule has 2 aromatic heterocycles. The fourth-order valence-electron chi connectivity index (χ4n) is 4.19. The SMILES string of the molecule is Cc1cnc(Cl)nc1-c1ccc(N(Cc2ccc(CNC(=O)c3ccno3)cc2)C(=O)c2ccc(O)cc2O)cc1. The Morgan fingerprint density at radius 3 is 2.39 bits per heavy atom. The van der Waals surface area contributed by atoms with Crippen LogP contribution in [-0.2, 0) is 13.1 Å². The number of aromatic hydroxyl groups is 2. The van der Waals surface area contributed by atoms with Crippen LogP contribution in [0.1, 0.15) is 37.6 Å². The van der Waals surface area contributed by atoms with Gasteiger partial charge in [-0.1, -0.05) is 41.6 Å². The van der Waals surface area contributed by atoms with Crippen LogP contribution in [0, 0.1) is 6.92 Å². The third kappa shape index (κ3) is 6.34. The number of hydrogen-bond donors (Lipinski definition) is 3. The summed E-state index contributed by atoms with van der Waals surface area (Å²) in [6.07, 6.45) is 3.04. The summed E-state index contributed by atoms with van der Waals surface area (Å²) in [7, 11) is 0. The number of phenolic OH excluding ortho intramolecular Hbond substituents is 2. The number of phenols is 2. The van der Waals surface area contributed by atoms with Crippen molar-refractivity contribution in [1.82, 2.24) is 20.4 Å². The molecule has 2 heterocycles. The van der Waals surface area contributed by atoms with Crippen molar-refractivity contribution in [2.45, 2.75) is 20.0 Å². The lowest BCUT2D eigenvalue weighted by atomic mass is 10.1. The fraction of sp³-hybridized carbons (Fsp3) is 0.100. The van der Waals surface area contributed by atoms with Crippen LogP contribution in [-0.4, -0.2) is 37.2 Å². The minimum atomic E-state index is -0.458. The van der Waals surface area contributed by atoms with Crippen LogP contribution in [0.4, 0.5) is 5.69 Å². The summed E-state index contributed by atoms with van der Waals surface area (Å²) in [6.45, 7) is 2.34. The average Bonchev–Trinajstić information content (AvgIpc) is 3.52. The van der Waals surface area contributed by atoms with Crippen LogP contribution < -0.4 is 10.2 Å². The van der Waals surface area contributed by atoms with Crippen molar-refractivity contribution in [2.75, 3.05) is 4.90 Å². The van der Waals surface area contributed by atoms with E-state index in [0.717, 1.165) is 28.3 Å². The minimum Gasteiger partial charge on any atom is -0.508 e. The first-order valence-corrected chi connectivity index (χ1v) is 12.9. The molecule has 10 nitrogen and oxygen atoms in total. The van der Waals surface area contributed by atoms with Crippen LogP contribution >= 0.6 is 11.6 Å². The second-order valence-corrected chi connectivity index (χ2v) is 9.52. The van der Waals surface area contributed by atoms with E-state index in [0.29, 0.717) is 11.4 Å². The molecule has 0 atom stereocenters. The molecule has 0 spiro atoms. The zero-order valence-corrected chi connectivity index (χ0v) is 22.5. The quantitative estimate of drug-likeness (QED) is 0.214. The highest BCUT2D eigenvalue weighted by Gasteiger charge is 2.22. The molecule has 3 N–H and O–H groups in total. The monoisotopic (exact) mass is 569 g/mol. The van der Waals surface area contributed by atoms with Crippen molar-refractivity contribution in [2.24, 2.45) is 0 Å². The van der Waals surface area contributed by atoms with Crippen molar-refractivity contribution in [1.29, 1.82) is 0 Å². The molecule has 5 rings (SSSR count). The Kier molecular flexibility index (Phi) is 7.93. The molecular weight excluding hydrogens is 546 g/mol. The fourth-order valence-corrected chi connectivity index (χ4v) is 4.32. The predicted molar refractivity (Wildman–Crippen MR) is 152 cm³/mol. The smallest absolute Gasteiger partial charge is 0.290 e. The van der Waals surface area contributed by atoms with E-state index >= 15 is 0 Å². The maximum atomic E-state index is 13.7. The number of nitrogens with zero attached hydrogens (tertiary/aromatic N) is 4. The zero-order valence-electron chi connectivity index (χ0n) is 21.8. The molecule has 206 valence electrons. The number of nitrogens with one attached hydrogen (secondary N) is 1. The molecule has 0 bridgehead atoms. The van der Waals surface area contributed by atoms with E-state index in [2.05, 4.69) is 20.4 Å². The number of aryl methyl sites for hydroxylation is 1. The Bertz CT molecular complexity index is 1690. The Morgan fingerprint density at radius 1 is 0.976 bits per heavy atom. The molecule has 0 aliphatic rings. The minimum absolute atomic E-state index is 0.0389. The van der Waals surface area contributed by atoms with E-state index in [1.807, 2.05) is 43.3 Å². The number of halogens is 1. The average molecular weight is 570 g/mol. The van der Waals surface area contributed by atoms with Gasteiger partial charge in [0.15, 0.2) is 0 Å². The lowest BCUT2D eigenvalue weighted by Gasteiger charge is -2.24. The summed E-state index contributed by atoms with van der Waals surface area (Å²) in [6, 6.07) is 20.0. The summed E-state index contributed by atoms with van der Waals surface area (Å²) in [4.78, 5) is 35.6. The molecule has 0 aliphatic carbocycles. The number of carbonyl (C=O) groups is 2. The predicted octanol–water partition coefficient (Wildman–Crippen LogP) is 5.28. The molecule has 0 unspecified atom stereocenters. The molecular formula is C30H24ClN5O5. The van der Waals surface area contributed by atoms with Crippen molar-refractivity contribution in [3.05, 3.63) is 118 Å². The molecule has 5 aromatic rings. The van der Waals surface area contributed by atoms with Gasteiger partial charge in [-0.15, -0.1) is 0 Å². The van der Waals surface area contributed by atoms with Gasteiger partial charge in [0, 0.05) is 36.1 Å². The van der Waals surface area contributed by atoms with Gasteiger partial charge in [-0.25, -0.2) is 9.97 Å². The molecule has 0 aliphatic heterocycles. The Hall–Kier alpha value is -5.22. The first kappa shape index (κ1) is 27.4. The molecule has 0 fully saturated rings. The van der Waals surface area contributed by atoms with Crippen LogP contribution in [0.25, 0.3) is 11.3 Å². The van der Waals surface area contributed by atoms with Crippen molar-refractivity contribution < 1.29 is 24.3 Å². The molecule has 11 heteroatoms. The highest BCUT2D eigenvalue weighted by Crippen LogP contribution is 2.30. The molecule has 3 aromatic carbocycles. The van der Waals surface area contributed by atoms with E-state index in [1.165, 1.54) is 29.3 Å². The van der Waals surface area contributed by atoms with Crippen molar-refractivity contribution in [3.63, 3.8) is 0 Å². The van der Waals surface area contributed by atoms with Gasteiger partial charge in [-0.3, -0.25) is 9.59 Å². The second-order valence-electron chi connectivity index (χ2n) is 9.19. The lowest BCUT2D eigenvalue weighted by Crippen LogP contribution is -2.30. The van der Waals surface area contributed by atoms with Gasteiger partial charge in [0.1, 0.15) is 11.5 Å². The maximum absolute atomic E-state index is 13.7. The summed E-state index contributed by atoms with van der Waals surface area (Å²) in [5.74, 6) is -1.20. The topological polar surface area (TPSA) is 142 Å². The first-order chi connectivity index (χ1) is 19.8. The molecule has 41 heavy (non-hydrogen) atoms. The molecule has 0 radical (unpaired) electrons. The van der Waals surface area contributed by atoms with Gasteiger partial charge < -0.3 is 25.0 Å². The Morgan fingerprint density at radius 2 is 1.71 bits per heavy atom. The third-order valence-electron chi connectivity index (χ3n) is 6.33. The van der Waals surface area contributed by atoms with E-state index in [9.17, 15) is 19.8 Å². The van der Waals surface area contributed by atoms with Crippen LogP contribution in [0.15, 0.2) is 89.7 Å². The van der Waals surface area contributed by atoms with Gasteiger partial charge in [-0.05, 0) is 59.5 Å². The van der Waals surface area contributed by atoms with E-state index in [1.54, 1.807) is 18.3 Å². The Labute approximate surface area is 239 Å². The van der Waals surface area contributed by atoms with Gasteiger partial charge in [0.25, 0.3) is 11.8 Å². The summed E-state index contributed by atoms with van der Waals surface area (Å²) in [5.41, 5.74) is 4.60. The van der Waals surface area contributed by atoms with E-state index < -0.39 is 5.91 Å². The highest BCUT2D eigenvalue weighted by atomic mass is 35.5. The second kappa shape index (κ2) is 11.9. The van der Waals surface area contributed by atoms with Gasteiger partial charge in [0.2, 0.25) is 11.0 Å². The summed E-state index contributed by atoms with van der Waals surface area (Å²) < 4.78 is 4.86. The number of amides is 2. The number of carbonyl (C=O) groups excluding carboxylic acids is 2. The Balaban J connectivity index is 1.39. The largest absolute Gasteiger partial charge is 0.508 e. The van der Waals surface area contributed by atoms with Crippen LogP contribution in [0.2, 0.25) is 5.28 Å². The number of rotatable bonds is 8. The van der Waals surface area contributed by atoms with Crippen LogP contribution in [0.3, 0.4) is 0 Å². The maximum Gasteiger partial charge on any atom is 0.290 e. The number of anilines is 1. The summed E-state index contributed by atoms with van der Waals surface area (Å²) in [5, 5.41) is 26.5. The standard InChI is InChI=1S/C30H24ClN5O5/c1-18-15-33-30(31)35-27(18)21-6-8-22(9-7-21)36(29(40)24-11-10-23(37)14-25(24)38)17-20-4-2-19(3-5-20)16-32-28(39)26-12-13-34-41-26/h2-15,37-38H,16-17H2,1H3,(H,32,39). The number of hydrogen-bond acceptors (Lipinski definition) is 8. The molecule has 0 saturated heterocycles. The first-order valence-electron chi connectivity index (χ1n) is 12.5. The molecule has 0 saturated carbocycles. The number of benzene rings is 3. The lowest BCUT2D eigenvalue weighted by molar-refractivity contribution is 0.0913. The zero-order chi connectivity index (χ0) is 28.9. The molecule has 2 amide bonds. The van der Waals surface area contributed by atoms with E-state index in [-0.39, 0.29) is 47.1 Å². The van der Waals surface area contributed by atoms with Crippen molar-refractivity contribution in [3.8, 4) is 22.8 Å². The van der Waals surface area contributed by atoms with Crippen LogP contribution in [0.5, 0.6) is 11.5 Å². The normalized spacial score (nSPS) is 10.8.